The second kappa shape index (κ2) is 4.07. The number of hydrogen-bond donors (Lipinski definition) is 1. The lowest BCUT2D eigenvalue weighted by atomic mass is 9.75. The third-order valence-corrected chi connectivity index (χ3v) is 3.47. The van der Waals surface area contributed by atoms with E-state index < -0.39 is 5.60 Å². The van der Waals surface area contributed by atoms with Gasteiger partial charge in [-0.05, 0) is 31.2 Å². The van der Waals surface area contributed by atoms with Crippen molar-refractivity contribution in [3.05, 3.63) is 35.8 Å². The topological polar surface area (TPSA) is 42.6 Å². The Bertz CT molecular complexity index is 569. The van der Waals surface area contributed by atoms with Gasteiger partial charge < -0.3 is 14.3 Å². The molecule has 96 valence electrons. The minimum atomic E-state index is -0.963. The molecule has 0 atom stereocenters. The lowest BCUT2D eigenvalue weighted by Gasteiger charge is -2.41. The van der Waals surface area contributed by atoms with Crippen LogP contribution in [0, 0.1) is 5.82 Å². The van der Waals surface area contributed by atoms with Crippen molar-refractivity contribution in [2.75, 3.05) is 6.61 Å². The number of aliphatic hydroxyl groups is 1. The van der Waals surface area contributed by atoms with Crippen LogP contribution in [0.2, 0.25) is 0 Å². The Morgan fingerprint density at radius 2 is 2.22 bits per heavy atom. The molecule has 0 saturated heterocycles. The highest BCUT2D eigenvalue weighted by Crippen LogP contribution is 2.44. The molecule has 1 heterocycles. The monoisotopic (exact) mass is 250 g/mol. The van der Waals surface area contributed by atoms with Crippen LogP contribution in [0.3, 0.4) is 0 Å². The van der Waals surface area contributed by atoms with E-state index >= 15 is 0 Å². The van der Waals surface area contributed by atoms with Gasteiger partial charge in [0.1, 0.15) is 22.8 Å². The quantitative estimate of drug-likeness (QED) is 0.910. The number of rotatable bonds is 3. The standard InChI is InChI=1S/C14H15FO3/c1-2-17-11-7-14(16,8-11)13-6-9-5-10(15)3-4-12(9)18-13/h3-6,11,16H,2,7-8H2,1H3. The van der Waals surface area contributed by atoms with E-state index in [4.69, 9.17) is 9.15 Å². The van der Waals surface area contributed by atoms with Gasteiger partial charge in [-0.25, -0.2) is 4.39 Å². The van der Waals surface area contributed by atoms with Gasteiger partial charge in [-0.15, -0.1) is 0 Å². The molecule has 0 amide bonds. The minimum Gasteiger partial charge on any atom is -0.458 e. The van der Waals surface area contributed by atoms with E-state index in [0.29, 0.717) is 36.2 Å². The van der Waals surface area contributed by atoms with E-state index in [1.807, 2.05) is 6.92 Å². The molecule has 1 aromatic carbocycles. The summed E-state index contributed by atoms with van der Waals surface area (Å²) in [6.07, 6.45) is 1.15. The molecule has 1 aromatic heterocycles. The Hall–Kier alpha value is -1.39. The molecule has 0 radical (unpaired) electrons. The van der Waals surface area contributed by atoms with Crippen LogP contribution in [0.1, 0.15) is 25.5 Å². The molecule has 1 aliphatic carbocycles. The average molecular weight is 250 g/mol. The SMILES string of the molecule is CCOC1CC(O)(c2cc3cc(F)ccc3o2)C1. The van der Waals surface area contributed by atoms with Crippen molar-refractivity contribution in [1.29, 1.82) is 0 Å². The van der Waals surface area contributed by atoms with Crippen molar-refractivity contribution in [1.82, 2.24) is 0 Å². The Morgan fingerprint density at radius 1 is 1.44 bits per heavy atom. The molecule has 3 nitrogen and oxygen atoms in total. The summed E-state index contributed by atoms with van der Waals surface area (Å²) >= 11 is 0. The maximum Gasteiger partial charge on any atom is 0.137 e. The van der Waals surface area contributed by atoms with Gasteiger partial charge in [0.15, 0.2) is 0 Å². The van der Waals surface area contributed by atoms with Gasteiger partial charge >= 0.3 is 0 Å². The van der Waals surface area contributed by atoms with Crippen LogP contribution in [0.5, 0.6) is 0 Å². The zero-order valence-electron chi connectivity index (χ0n) is 10.1. The van der Waals surface area contributed by atoms with Crippen LogP contribution in [0.4, 0.5) is 4.39 Å². The van der Waals surface area contributed by atoms with E-state index in [1.165, 1.54) is 12.1 Å². The summed E-state index contributed by atoms with van der Waals surface area (Å²) in [5.41, 5.74) is -0.366. The second-order valence-corrected chi connectivity index (χ2v) is 4.81. The maximum absolute atomic E-state index is 13.1. The molecule has 0 aliphatic heterocycles. The predicted octanol–water partition coefficient (Wildman–Crippen LogP) is 2.96. The summed E-state index contributed by atoms with van der Waals surface area (Å²) in [5.74, 6) is 0.196. The van der Waals surface area contributed by atoms with Crippen molar-refractivity contribution in [2.45, 2.75) is 31.5 Å². The molecule has 18 heavy (non-hydrogen) atoms. The zero-order chi connectivity index (χ0) is 12.8. The van der Waals surface area contributed by atoms with Gasteiger partial charge in [-0.3, -0.25) is 0 Å². The minimum absolute atomic E-state index is 0.0879. The van der Waals surface area contributed by atoms with Gasteiger partial charge in [0.25, 0.3) is 0 Å². The van der Waals surface area contributed by atoms with Gasteiger partial charge in [-0.2, -0.15) is 0 Å². The van der Waals surface area contributed by atoms with Crippen LogP contribution < -0.4 is 0 Å². The lowest BCUT2D eigenvalue weighted by Crippen LogP contribution is -2.45. The van der Waals surface area contributed by atoms with E-state index in [1.54, 1.807) is 12.1 Å². The molecule has 1 saturated carbocycles. The fraction of sp³-hybridized carbons (Fsp3) is 0.429. The number of furan rings is 1. The van der Waals surface area contributed by atoms with Crippen LogP contribution in [-0.2, 0) is 10.3 Å². The Labute approximate surface area is 104 Å². The predicted molar refractivity (Wildman–Crippen MR) is 64.7 cm³/mol. The van der Waals surface area contributed by atoms with E-state index in [0.717, 1.165) is 0 Å². The molecule has 1 N–H and O–H groups in total. The van der Waals surface area contributed by atoms with Crippen LogP contribution >= 0.6 is 0 Å². The van der Waals surface area contributed by atoms with Crippen LogP contribution in [0.15, 0.2) is 28.7 Å². The summed E-state index contributed by atoms with van der Waals surface area (Å²) in [6.45, 7) is 2.58. The maximum atomic E-state index is 13.1. The summed E-state index contributed by atoms with van der Waals surface area (Å²) in [4.78, 5) is 0. The summed E-state index contributed by atoms with van der Waals surface area (Å²) in [7, 11) is 0. The zero-order valence-corrected chi connectivity index (χ0v) is 10.1. The number of halogens is 1. The van der Waals surface area contributed by atoms with Crippen LogP contribution in [0.25, 0.3) is 11.0 Å². The van der Waals surface area contributed by atoms with Crippen molar-refractivity contribution < 1.29 is 18.7 Å². The molecule has 4 heteroatoms. The van der Waals surface area contributed by atoms with Crippen molar-refractivity contribution in [3.63, 3.8) is 0 Å². The normalized spacial score (nSPS) is 27.4. The Morgan fingerprint density at radius 3 is 2.94 bits per heavy atom. The van der Waals surface area contributed by atoms with Gasteiger partial charge in [0.05, 0.1) is 6.10 Å². The van der Waals surface area contributed by atoms with E-state index in [-0.39, 0.29) is 11.9 Å². The Kier molecular flexibility index (Phi) is 2.64. The largest absolute Gasteiger partial charge is 0.458 e. The first kappa shape index (κ1) is 11.7. The first-order valence-electron chi connectivity index (χ1n) is 6.14. The summed E-state index contributed by atoms with van der Waals surface area (Å²) in [5, 5.41) is 11.1. The van der Waals surface area contributed by atoms with Crippen molar-refractivity contribution >= 4 is 11.0 Å². The number of benzene rings is 1. The smallest absolute Gasteiger partial charge is 0.137 e. The van der Waals surface area contributed by atoms with Crippen molar-refractivity contribution in [3.8, 4) is 0 Å². The summed E-state index contributed by atoms with van der Waals surface area (Å²) in [6, 6.07) is 6.05. The highest BCUT2D eigenvalue weighted by Gasteiger charge is 2.47. The van der Waals surface area contributed by atoms with Gasteiger partial charge in [-0.1, -0.05) is 0 Å². The fourth-order valence-corrected chi connectivity index (χ4v) is 2.49. The average Bonchev–Trinajstić information content (AvgIpc) is 2.70. The van der Waals surface area contributed by atoms with Gasteiger partial charge in [0, 0.05) is 24.8 Å². The van der Waals surface area contributed by atoms with Crippen molar-refractivity contribution in [2.24, 2.45) is 0 Å². The first-order chi connectivity index (χ1) is 8.60. The molecule has 3 rings (SSSR count). The summed E-state index contributed by atoms with van der Waals surface area (Å²) < 4.78 is 24.1. The lowest BCUT2D eigenvalue weighted by molar-refractivity contribution is -0.151. The molecule has 0 unspecified atom stereocenters. The third kappa shape index (κ3) is 1.82. The fourth-order valence-electron chi connectivity index (χ4n) is 2.49. The molecule has 1 aliphatic rings. The first-order valence-corrected chi connectivity index (χ1v) is 6.14. The van der Waals surface area contributed by atoms with Crippen LogP contribution in [-0.4, -0.2) is 17.8 Å². The molecular weight excluding hydrogens is 235 g/mol. The molecule has 1 fully saturated rings. The third-order valence-electron chi connectivity index (χ3n) is 3.47. The Balaban J connectivity index is 1.87. The number of hydrogen-bond acceptors (Lipinski definition) is 3. The molecular formula is C14H15FO3. The highest BCUT2D eigenvalue weighted by atomic mass is 19.1. The molecule has 2 aromatic rings. The number of fused-ring (bicyclic) bond motifs is 1. The second-order valence-electron chi connectivity index (χ2n) is 4.81. The van der Waals surface area contributed by atoms with E-state index in [2.05, 4.69) is 0 Å². The highest BCUT2D eigenvalue weighted by molar-refractivity contribution is 5.78. The molecule has 0 spiro atoms. The van der Waals surface area contributed by atoms with E-state index in [9.17, 15) is 9.50 Å². The molecule has 0 bridgehead atoms. The van der Waals surface area contributed by atoms with Gasteiger partial charge in [0.2, 0.25) is 0 Å². The number of ether oxygens (including phenoxy) is 1.